The summed E-state index contributed by atoms with van der Waals surface area (Å²) >= 11 is 0. The average Bonchev–Trinajstić information content (AvgIpc) is 2.97. The fraction of sp³-hybridized carbons (Fsp3) is 0.806. The van der Waals surface area contributed by atoms with Crippen LogP contribution >= 0.6 is 0 Å². The fourth-order valence-corrected chi connectivity index (χ4v) is 4.49. The highest BCUT2D eigenvalue weighted by Crippen LogP contribution is 2.16. The van der Waals surface area contributed by atoms with Crippen LogP contribution < -0.4 is 10.6 Å². The standard InChI is InChI=1S/C31H53N3O9/c1-8-11-14-17-23-26(35)33-21(5)30(39)43-25(19-16-13-10-3)28(37)34(7)22(6)31(40)42-24(18-15-12-9-2)27(36)32-20(4)29(38)41-23/h20-25H,8-19H2,1-7H3,(H,32,36)(H,33,35)/t20-,21-,22-,23+,24+,25+/m1/s1. The summed E-state index contributed by atoms with van der Waals surface area (Å²) in [5.74, 6) is -4.43. The Hall–Kier alpha value is -3.18. The van der Waals surface area contributed by atoms with E-state index in [-0.39, 0.29) is 19.3 Å². The maximum atomic E-state index is 13.5. The van der Waals surface area contributed by atoms with Crippen LogP contribution in [0.3, 0.4) is 0 Å². The van der Waals surface area contributed by atoms with E-state index in [1.165, 1.54) is 27.8 Å². The van der Waals surface area contributed by atoms with Gasteiger partial charge in [0.15, 0.2) is 18.3 Å². The number of likely N-dealkylation sites (N-methyl/N-ethyl adjacent to an activating group) is 1. The molecule has 0 unspecified atom stereocenters. The molecular formula is C31H53N3O9. The van der Waals surface area contributed by atoms with Crippen molar-refractivity contribution in [3.63, 3.8) is 0 Å². The maximum Gasteiger partial charge on any atom is 0.329 e. The first-order chi connectivity index (χ1) is 20.4. The third-order valence-corrected chi connectivity index (χ3v) is 7.54. The van der Waals surface area contributed by atoms with Crippen LogP contribution in [-0.2, 0) is 43.0 Å². The Morgan fingerprint density at radius 3 is 1.30 bits per heavy atom. The van der Waals surface area contributed by atoms with E-state index < -0.39 is 72.1 Å². The number of nitrogens with one attached hydrogen (secondary N) is 2. The summed E-state index contributed by atoms with van der Waals surface area (Å²) in [6.07, 6.45) is 3.84. The van der Waals surface area contributed by atoms with Gasteiger partial charge in [0.25, 0.3) is 17.7 Å². The number of esters is 3. The lowest BCUT2D eigenvalue weighted by molar-refractivity contribution is -0.170. The van der Waals surface area contributed by atoms with E-state index in [1.807, 2.05) is 20.8 Å². The Labute approximate surface area is 256 Å². The van der Waals surface area contributed by atoms with Crippen LogP contribution in [0.4, 0.5) is 0 Å². The fourth-order valence-electron chi connectivity index (χ4n) is 4.49. The zero-order valence-corrected chi connectivity index (χ0v) is 27.1. The quantitative estimate of drug-likeness (QED) is 0.192. The molecule has 246 valence electrons. The summed E-state index contributed by atoms with van der Waals surface area (Å²) in [4.78, 5) is 80.0. The lowest BCUT2D eigenvalue weighted by atomic mass is 10.1. The summed E-state index contributed by atoms with van der Waals surface area (Å²) in [5.41, 5.74) is 0. The molecule has 0 aromatic heterocycles. The Morgan fingerprint density at radius 2 is 0.907 bits per heavy atom. The van der Waals surface area contributed by atoms with Gasteiger partial charge in [0.2, 0.25) is 0 Å². The van der Waals surface area contributed by atoms with Crippen molar-refractivity contribution in [2.45, 2.75) is 155 Å². The molecule has 12 nitrogen and oxygen atoms in total. The van der Waals surface area contributed by atoms with Crippen LogP contribution in [0, 0.1) is 0 Å². The molecule has 1 fully saturated rings. The van der Waals surface area contributed by atoms with Crippen molar-refractivity contribution in [2.24, 2.45) is 0 Å². The number of hydrogen-bond acceptors (Lipinski definition) is 9. The van der Waals surface area contributed by atoms with Gasteiger partial charge >= 0.3 is 17.9 Å². The molecule has 0 radical (unpaired) electrons. The summed E-state index contributed by atoms with van der Waals surface area (Å²) in [6, 6.07) is -3.38. The number of hydrogen-bond donors (Lipinski definition) is 2. The second-order valence-electron chi connectivity index (χ2n) is 11.3. The molecule has 0 saturated carbocycles. The van der Waals surface area contributed by atoms with E-state index in [2.05, 4.69) is 10.6 Å². The molecule has 1 saturated heterocycles. The second kappa shape index (κ2) is 19.9. The van der Waals surface area contributed by atoms with Crippen LogP contribution in [0.2, 0.25) is 0 Å². The molecule has 0 aliphatic carbocycles. The topological polar surface area (TPSA) is 157 Å². The van der Waals surface area contributed by atoms with Crippen LogP contribution in [-0.4, -0.2) is 84.0 Å². The molecule has 1 aliphatic rings. The molecule has 0 bridgehead atoms. The zero-order valence-electron chi connectivity index (χ0n) is 27.1. The van der Waals surface area contributed by atoms with Gasteiger partial charge < -0.3 is 29.7 Å². The maximum absolute atomic E-state index is 13.5. The minimum Gasteiger partial charge on any atom is -0.451 e. The van der Waals surface area contributed by atoms with Gasteiger partial charge in [-0.3, -0.25) is 14.4 Å². The van der Waals surface area contributed by atoms with Crippen LogP contribution in [0.15, 0.2) is 0 Å². The monoisotopic (exact) mass is 611 g/mol. The SMILES string of the molecule is CCCCC[C@@H]1OC(=O)[C@@H](C)N(C)C(=O)[C@H](CCCCC)OC(=O)[C@@H](C)NC(=O)[C@H](CCCCC)OC(=O)[C@@H](C)NC1=O. The van der Waals surface area contributed by atoms with Gasteiger partial charge in [-0.1, -0.05) is 59.3 Å². The summed E-state index contributed by atoms with van der Waals surface area (Å²) in [6.45, 7) is 10.3. The smallest absolute Gasteiger partial charge is 0.329 e. The molecule has 2 N–H and O–H groups in total. The van der Waals surface area contributed by atoms with Gasteiger partial charge in [0, 0.05) is 7.05 Å². The van der Waals surface area contributed by atoms with Crippen molar-refractivity contribution in [1.82, 2.24) is 15.5 Å². The van der Waals surface area contributed by atoms with Gasteiger partial charge in [0.1, 0.15) is 18.1 Å². The first-order valence-electron chi connectivity index (χ1n) is 15.9. The molecule has 3 amide bonds. The van der Waals surface area contributed by atoms with Crippen LogP contribution in [0.5, 0.6) is 0 Å². The van der Waals surface area contributed by atoms with Crippen molar-refractivity contribution >= 4 is 35.6 Å². The molecule has 6 atom stereocenters. The Bertz CT molecular complexity index is 941. The molecule has 1 aliphatic heterocycles. The van der Waals surface area contributed by atoms with E-state index in [4.69, 9.17) is 14.2 Å². The lowest BCUT2D eigenvalue weighted by Gasteiger charge is -2.30. The Morgan fingerprint density at radius 1 is 0.558 bits per heavy atom. The zero-order chi connectivity index (χ0) is 32.5. The number of carbonyl (C=O) groups is 6. The molecule has 1 rings (SSSR count). The van der Waals surface area contributed by atoms with Crippen molar-refractivity contribution < 1.29 is 43.0 Å². The number of carbonyl (C=O) groups excluding carboxylic acids is 6. The molecule has 0 aromatic rings. The predicted octanol–water partition coefficient (Wildman–Crippen LogP) is 3.33. The third-order valence-electron chi connectivity index (χ3n) is 7.54. The molecular weight excluding hydrogens is 558 g/mol. The van der Waals surface area contributed by atoms with E-state index in [0.29, 0.717) is 19.3 Å². The van der Waals surface area contributed by atoms with Gasteiger partial charge in [-0.2, -0.15) is 0 Å². The van der Waals surface area contributed by atoms with Crippen molar-refractivity contribution in [3.05, 3.63) is 0 Å². The normalized spacial score (nSPS) is 26.9. The van der Waals surface area contributed by atoms with Crippen LogP contribution in [0.25, 0.3) is 0 Å². The highest BCUT2D eigenvalue weighted by Gasteiger charge is 2.36. The average molecular weight is 612 g/mol. The van der Waals surface area contributed by atoms with E-state index in [0.717, 1.165) is 43.4 Å². The highest BCUT2D eigenvalue weighted by atomic mass is 16.6. The number of amides is 3. The van der Waals surface area contributed by atoms with Gasteiger partial charge in [-0.15, -0.1) is 0 Å². The third kappa shape index (κ3) is 12.9. The van der Waals surface area contributed by atoms with Crippen molar-refractivity contribution in [1.29, 1.82) is 0 Å². The summed E-state index contributed by atoms with van der Waals surface area (Å²) in [5, 5.41) is 5.09. The first kappa shape index (κ1) is 37.8. The van der Waals surface area contributed by atoms with E-state index in [9.17, 15) is 28.8 Å². The Balaban J connectivity index is 3.41. The van der Waals surface area contributed by atoms with Gasteiger partial charge in [-0.05, 0) is 59.3 Å². The first-order valence-corrected chi connectivity index (χ1v) is 15.9. The minimum atomic E-state index is -1.21. The predicted molar refractivity (Wildman–Crippen MR) is 160 cm³/mol. The van der Waals surface area contributed by atoms with Crippen LogP contribution in [0.1, 0.15) is 119 Å². The number of cyclic esters (lactones) is 3. The highest BCUT2D eigenvalue weighted by molar-refractivity contribution is 5.93. The van der Waals surface area contributed by atoms with Gasteiger partial charge in [0.05, 0.1) is 0 Å². The summed E-state index contributed by atoms with van der Waals surface area (Å²) in [7, 11) is 1.41. The Kier molecular flexibility index (Phi) is 17.5. The van der Waals surface area contributed by atoms with Crippen molar-refractivity contribution in [2.75, 3.05) is 7.05 Å². The largest absolute Gasteiger partial charge is 0.451 e. The number of ether oxygens (including phenoxy) is 3. The molecule has 12 heteroatoms. The summed E-state index contributed by atoms with van der Waals surface area (Å²) < 4.78 is 16.7. The number of rotatable bonds is 12. The number of unbranched alkanes of at least 4 members (excludes halogenated alkanes) is 6. The van der Waals surface area contributed by atoms with E-state index in [1.54, 1.807) is 0 Å². The molecule has 0 spiro atoms. The van der Waals surface area contributed by atoms with E-state index >= 15 is 0 Å². The molecule has 1 heterocycles. The molecule has 43 heavy (non-hydrogen) atoms. The second-order valence-corrected chi connectivity index (χ2v) is 11.3. The number of nitrogens with zero attached hydrogens (tertiary/aromatic N) is 1. The molecule has 0 aromatic carbocycles. The minimum absolute atomic E-state index is 0.214. The van der Waals surface area contributed by atoms with Crippen molar-refractivity contribution in [3.8, 4) is 0 Å². The lowest BCUT2D eigenvalue weighted by Crippen LogP contribution is -2.52. The van der Waals surface area contributed by atoms with Gasteiger partial charge in [-0.25, -0.2) is 14.4 Å².